The fourth-order valence-electron chi connectivity index (χ4n) is 1.35. The normalized spacial score (nSPS) is 11.1. The highest BCUT2D eigenvalue weighted by atomic mass is 16.2. The molecule has 0 aliphatic carbocycles. The maximum absolute atomic E-state index is 11.5. The van der Waals surface area contributed by atoms with Gasteiger partial charge in [-0.15, -0.1) is 0 Å². The Morgan fingerprint density at radius 2 is 2.07 bits per heavy atom. The van der Waals surface area contributed by atoms with Crippen molar-refractivity contribution in [1.29, 1.82) is 0 Å². The minimum absolute atomic E-state index is 0.178. The average Bonchev–Trinajstić information content (AvgIpc) is 2.16. The smallest absolute Gasteiger partial charge is 0.243 e. The van der Waals surface area contributed by atoms with E-state index in [0.717, 1.165) is 11.1 Å². The Morgan fingerprint density at radius 3 is 2.57 bits per heavy atom. The summed E-state index contributed by atoms with van der Waals surface area (Å²) in [6.45, 7) is 5.70. The van der Waals surface area contributed by atoms with Crippen LogP contribution in [0, 0.1) is 6.92 Å². The third-order valence-corrected chi connectivity index (χ3v) is 2.44. The molecular weight excluding hydrogens is 176 g/mol. The van der Waals surface area contributed by atoms with Crippen molar-refractivity contribution in [2.24, 2.45) is 5.84 Å². The molecule has 0 radical (unpaired) electrons. The van der Waals surface area contributed by atoms with Crippen molar-refractivity contribution in [3.8, 4) is 0 Å². The van der Waals surface area contributed by atoms with Gasteiger partial charge in [0.1, 0.15) is 0 Å². The number of benzene rings is 1. The van der Waals surface area contributed by atoms with Crippen molar-refractivity contribution in [3.63, 3.8) is 0 Å². The Labute approximate surface area is 84.3 Å². The van der Waals surface area contributed by atoms with Crippen LogP contribution in [0.2, 0.25) is 0 Å². The maximum atomic E-state index is 11.5. The van der Waals surface area contributed by atoms with Gasteiger partial charge < -0.3 is 0 Å². The van der Waals surface area contributed by atoms with Gasteiger partial charge in [0.25, 0.3) is 0 Å². The van der Waals surface area contributed by atoms with Gasteiger partial charge in [0.2, 0.25) is 5.91 Å². The van der Waals surface area contributed by atoms with Gasteiger partial charge in [-0.3, -0.25) is 10.2 Å². The molecule has 0 atom stereocenters. The first-order valence-electron chi connectivity index (χ1n) is 4.56. The zero-order valence-electron chi connectivity index (χ0n) is 8.79. The van der Waals surface area contributed by atoms with Crippen LogP contribution in [0.4, 0.5) is 0 Å². The Kier molecular flexibility index (Phi) is 2.91. The summed E-state index contributed by atoms with van der Waals surface area (Å²) in [5.41, 5.74) is 3.71. The van der Waals surface area contributed by atoms with E-state index in [-0.39, 0.29) is 5.91 Å². The summed E-state index contributed by atoms with van der Waals surface area (Å²) in [6, 6.07) is 7.87. The fraction of sp³-hybridized carbons (Fsp3) is 0.364. The van der Waals surface area contributed by atoms with E-state index in [9.17, 15) is 4.79 Å². The van der Waals surface area contributed by atoms with Gasteiger partial charge in [-0.05, 0) is 26.3 Å². The number of hydrogen-bond donors (Lipinski definition) is 2. The van der Waals surface area contributed by atoms with E-state index in [1.54, 1.807) is 0 Å². The number of carbonyl (C=O) groups is 1. The molecule has 3 nitrogen and oxygen atoms in total. The molecule has 0 saturated carbocycles. The van der Waals surface area contributed by atoms with Gasteiger partial charge in [0.15, 0.2) is 0 Å². The molecule has 0 aliphatic heterocycles. The predicted molar refractivity (Wildman–Crippen MR) is 56.5 cm³/mol. The molecule has 3 heteroatoms. The van der Waals surface area contributed by atoms with Crippen molar-refractivity contribution in [1.82, 2.24) is 5.43 Å². The summed E-state index contributed by atoms with van der Waals surface area (Å²) in [7, 11) is 0. The minimum Gasteiger partial charge on any atom is -0.294 e. The van der Waals surface area contributed by atoms with E-state index in [2.05, 4.69) is 5.43 Å². The molecule has 1 rings (SSSR count). The molecule has 0 aromatic heterocycles. The lowest BCUT2D eigenvalue weighted by molar-refractivity contribution is -0.125. The van der Waals surface area contributed by atoms with Gasteiger partial charge in [0.05, 0.1) is 5.41 Å². The first-order valence-corrected chi connectivity index (χ1v) is 4.56. The van der Waals surface area contributed by atoms with Gasteiger partial charge in [-0.25, -0.2) is 5.84 Å². The number of aryl methyl sites for hydroxylation is 1. The van der Waals surface area contributed by atoms with Crippen LogP contribution < -0.4 is 11.3 Å². The number of amides is 1. The minimum atomic E-state index is -0.583. The number of nitrogens with two attached hydrogens (primary N) is 1. The first kappa shape index (κ1) is 10.7. The summed E-state index contributed by atoms with van der Waals surface area (Å²) in [4.78, 5) is 11.5. The van der Waals surface area contributed by atoms with Crippen molar-refractivity contribution in [2.75, 3.05) is 0 Å². The molecule has 0 spiro atoms. The van der Waals surface area contributed by atoms with Crippen LogP contribution in [0.3, 0.4) is 0 Å². The van der Waals surface area contributed by atoms with Crippen molar-refractivity contribution in [2.45, 2.75) is 26.2 Å². The summed E-state index contributed by atoms with van der Waals surface area (Å²) < 4.78 is 0. The first-order chi connectivity index (χ1) is 6.48. The molecule has 1 aromatic rings. The van der Waals surface area contributed by atoms with Crippen LogP contribution >= 0.6 is 0 Å². The third-order valence-electron chi connectivity index (χ3n) is 2.44. The maximum Gasteiger partial charge on any atom is 0.243 e. The molecule has 0 saturated heterocycles. The van der Waals surface area contributed by atoms with Gasteiger partial charge in [-0.2, -0.15) is 0 Å². The quantitative estimate of drug-likeness (QED) is 0.421. The third kappa shape index (κ3) is 1.93. The number of carbonyl (C=O) groups excluding carboxylic acids is 1. The fourth-order valence-corrected chi connectivity index (χ4v) is 1.35. The second-order valence-electron chi connectivity index (χ2n) is 3.97. The zero-order chi connectivity index (χ0) is 10.8. The van der Waals surface area contributed by atoms with Crippen molar-refractivity contribution in [3.05, 3.63) is 35.4 Å². The number of hydrogen-bond acceptors (Lipinski definition) is 2. The van der Waals surface area contributed by atoms with Crippen LogP contribution in [0.1, 0.15) is 25.0 Å². The summed E-state index contributed by atoms with van der Waals surface area (Å²) in [5, 5.41) is 0. The van der Waals surface area contributed by atoms with Crippen molar-refractivity contribution >= 4 is 5.91 Å². The molecule has 1 amide bonds. The lowest BCUT2D eigenvalue weighted by atomic mass is 9.83. The summed E-state index contributed by atoms with van der Waals surface area (Å²) in [5.74, 6) is 4.96. The van der Waals surface area contributed by atoms with Gasteiger partial charge in [0, 0.05) is 0 Å². The second kappa shape index (κ2) is 3.80. The molecule has 1 aromatic carbocycles. The van der Waals surface area contributed by atoms with Crippen LogP contribution in [0.15, 0.2) is 24.3 Å². The molecule has 0 unspecified atom stereocenters. The molecular formula is C11H16N2O. The lowest BCUT2D eigenvalue weighted by Crippen LogP contribution is -2.43. The van der Waals surface area contributed by atoms with Crippen molar-refractivity contribution < 1.29 is 4.79 Å². The topological polar surface area (TPSA) is 55.1 Å². The average molecular weight is 192 g/mol. The molecule has 0 fully saturated rings. The second-order valence-corrected chi connectivity index (χ2v) is 3.97. The highest BCUT2D eigenvalue weighted by Gasteiger charge is 2.28. The standard InChI is InChI=1S/C11H16N2O/c1-8-5-4-6-9(7-8)11(2,3)10(14)13-12/h4-7H,12H2,1-3H3,(H,13,14). The van der Waals surface area contributed by atoms with E-state index < -0.39 is 5.41 Å². The lowest BCUT2D eigenvalue weighted by Gasteiger charge is -2.23. The van der Waals surface area contributed by atoms with E-state index in [1.807, 2.05) is 45.0 Å². The molecule has 0 aliphatic rings. The molecule has 3 N–H and O–H groups in total. The number of hydrazine groups is 1. The highest BCUT2D eigenvalue weighted by molar-refractivity contribution is 5.86. The van der Waals surface area contributed by atoms with E-state index >= 15 is 0 Å². The van der Waals surface area contributed by atoms with Crippen LogP contribution in [0.25, 0.3) is 0 Å². The molecule has 14 heavy (non-hydrogen) atoms. The van der Waals surface area contributed by atoms with E-state index in [4.69, 9.17) is 5.84 Å². The SMILES string of the molecule is Cc1cccc(C(C)(C)C(=O)NN)c1. The Morgan fingerprint density at radius 1 is 1.43 bits per heavy atom. The number of rotatable bonds is 2. The Balaban J connectivity index is 3.09. The van der Waals surface area contributed by atoms with Crippen LogP contribution in [0.5, 0.6) is 0 Å². The van der Waals surface area contributed by atoms with Gasteiger partial charge >= 0.3 is 0 Å². The largest absolute Gasteiger partial charge is 0.294 e. The van der Waals surface area contributed by atoms with E-state index in [0.29, 0.717) is 0 Å². The van der Waals surface area contributed by atoms with Gasteiger partial charge in [-0.1, -0.05) is 29.8 Å². The van der Waals surface area contributed by atoms with Crippen LogP contribution in [-0.2, 0) is 10.2 Å². The van der Waals surface area contributed by atoms with Crippen LogP contribution in [-0.4, -0.2) is 5.91 Å². The molecule has 0 bridgehead atoms. The highest BCUT2D eigenvalue weighted by Crippen LogP contribution is 2.23. The predicted octanol–water partition coefficient (Wildman–Crippen LogP) is 1.26. The monoisotopic (exact) mass is 192 g/mol. The van der Waals surface area contributed by atoms with E-state index in [1.165, 1.54) is 0 Å². The number of nitrogens with one attached hydrogen (secondary N) is 1. The summed E-state index contributed by atoms with van der Waals surface area (Å²) in [6.07, 6.45) is 0. The molecule has 0 heterocycles. The Hall–Kier alpha value is -1.35. The molecule has 76 valence electrons. The zero-order valence-corrected chi connectivity index (χ0v) is 8.79. The Bertz CT molecular complexity index is 345. The summed E-state index contributed by atoms with van der Waals surface area (Å²) >= 11 is 0.